The first kappa shape index (κ1) is 13.9. The zero-order valence-electron chi connectivity index (χ0n) is 9.58. The average molecular weight is 289 g/mol. The van der Waals surface area contributed by atoms with E-state index in [4.69, 9.17) is 5.11 Å². The van der Waals surface area contributed by atoms with Crippen LogP contribution in [0.5, 0.6) is 0 Å². The molecule has 0 radical (unpaired) electrons. The van der Waals surface area contributed by atoms with Crippen molar-refractivity contribution in [2.75, 3.05) is 5.75 Å². The molecule has 0 bridgehead atoms. The second-order valence-electron chi connectivity index (χ2n) is 3.68. The first-order valence-electron chi connectivity index (χ1n) is 5.31. The molecule has 0 aliphatic rings. The van der Waals surface area contributed by atoms with Gasteiger partial charge in [-0.2, -0.15) is 13.2 Å². The molecule has 102 valence electrons. The van der Waals surface area contributed by atoms with Crippen LogP contribution in [0.4, 0.5) is 13.2 Å². The summed E-state index contributed by atoms with van der Waals surface area (Å²) in [5.41, 5.74) is 0.762. The van der Waals surface area contributed by atoms with Crippen molar-refractivity contribution >= 4 is 11.8 Å². The Morgan fingerprint density at radius 1 is 1.26 bits per heavy atom. The maximum Gasteiger partial charge on any atom is 0.415 e. The van der Waals surface area contributed by atoms with Crippen LogP contribution in [-0.2, 0) is 0 Å². The zero-order valence-corrected chi connectivity index (χ0v) is 10.4. The highest BCUT2D eigenvalue weighted by Crippen LogP contribution is 2.25. The minimum atomic E-state index is -4.62. The number of para-hydroxylation sites is 1. The standard InChI is InChI=1S/C11H10F3N3OS/c12-11(13,14)9(18)6-19-10-15-7-17(16-10)8-4-2-1-3-5-8/h1-5,7,9,18H,6H2/t9-/m0/s1. The first-order chi connectivity index (χ1) is 8.97. The molecule has 1 atom stereocenters. The number of hydrogen-bond donors (Lipinski definition) is 1. The monoisotopic (exact) mass is 289 g/mol. The summed E-state index contributed by atoms with van der Waals surface area (Å²) in [4.78, 5) is 3.88. The van der Waals surface area contributed by atoms with Gasteiger partial charge in [0.2, 0.25) is 5.16 Å². The molecular formula is C11H10F3N3OS. The Balaban J connectivity index is 1.99. The van der Waals surface area contributed by atoms with Gasteiger partial charge in [-0.25, -0.2) is 9.67 Å². The average Bonchev–Trinajstić information content (AvgIpc) is 2.84. The summed E-state index contributed by atoms with van der Waals surface area (Å²) in [5, 5.41) is 13.1. The largest absolute Gasteiger partial charge is 0.415 e. The van der Waals surface area contributed by atoms with Crippen molar-refractivity contribution in [1.29, 1.82) is 0 Å². The number of thioether (sulfide) groups is 1. The highest BCUT2D eigenvalue weighted by Gasteiger charge is 2.38. The molecule has 0 saturated carbocycles. The lowest BCUT2D eigenvalue weighted by atomic mass is 10.3. The van der Waals surface area contributed by atoms with Gasteiger partial charge in [-0.3, -0.25) is 0 Å². The number of nitrogens with zero attached hydrogens (tertiary/aromatic N) is 3. The lowest BCUT2D eigenvalue weighted by Crippen LogP contribution is -2.30. The smallest absolute Gasteiger partial charge is 0.383 e. The molecule has 2 aromatic rings. The Hall–Kier alpha value is -1.54. The Bertz CT molecular complexity index is 529. The summed E-state index contributed by atoms with van der Waals surface area (Å²) < 4.78 is 37.8. The molecule has 0 saturated heterocycles. The van der Waals surface area contributed by atoms with Crippen molar-refractivity contribution in [1.82, 2.24) is 14.8 Å². The van der Waals surface area contributed by atoms with Crippen LogP contribution in [0.3, 0.4) is 0 Å². The minimum Gasteiger partial charge on any atom is -0.383 e. The summed E-state index contributed by atoms with van der Waals surface area (Å²) in [6.07, 6.45) is -5.58. The van der Waals surface area contributed by atoms with Gasteiger partial charge in [-0.05, 0) is 12.1 Å². The van der Waals surface area contributed by atoms with E-state index in [0.29, 0.717) is 0 Å². The van der Waals surface area contributed by atoms with E-state index in [1.807, 2.05) is 18.2 Å². The van der Waals surface area contributed by atoms with Crippen LogP contribution < -0.4 is 0 Å². The number of benzene rings is 1. The molecule has 1 aromatic carbocycles. The number of aromatic nitrogens is 3. The molecule has 0 aliphatic heterocycles. The summed E-state index contributed by atoms with van der Waals surface area (Å²) in [6.45, 7) is 0. The molecule has 4 nitrogen and oxygen atoms in total. The van der Waals surface area contributed by atoms with Crippen molar-refractivity contribution in [3.8, 4) is 5.69 Å². The third-order valence-corrected chi connectivity index (χ3v) is 3.17. The quantitative estimate of drug-likeness (QED) is 0.877. The van der Waals surface area contributed by atoms with Gasteiger partial charge >= 0.3 is 6.18 Å². The molecule has 1 heterocycles. The van der Waals surface area contributed by atoms with Crippen molar-refractivity contribution in [2.24, 2.45) is 0 Å². The fourth-order valence-electron chi connectivity index (χ4n) is 1.27. The maximum absolute atomic E-state index is 12.1. The number of hydrogen-bond acceptors (Lipinski definition) is 4. The number of aliphatic hydroxyl groups is 1. The van der Waals surface area contributed by atoms with Crippen LogP contribution in [0, 0.1) is 0 Å². The van der Waals surface area contributed by atoms with Crippen LogP contribution in [0.2, 0.25) is 0 Å². The Morgan fingerprint density at radius 2 is 1.95 bits per heavy atom. The lowest BCUT2D eigenvalue weighted by Gasteiger charge is -2.12. The minimum absolute atomic E-state index is 0.187. The first-order valence-corrected chi connectivity index (χ1v) is 6.30. The summed E-state index contributed by atoms with van der Waals surface area (Å²) >= 11 is 0.758. The predicted octanol–water partition coefficient (Wildman–Crippen LogP) is 2.28. The topological polar surface area (TPSA) is 50.9 Å². The van der Waals surface area contributed by atoms with E-state index < -0.39 is 18.0 Å². The summed E-state index contributed by atoms with van der Waals surface area (Å²) in [5.74, 6) is -0.525. The number of aliphatic hydroxyl groups excluding tert-OH is 1. The van der Waals surface area contributed by atoms with E-state index in [2.05, 4.69) is 10.1 Å². The maximum atomic E-state index is 12.1. The van der Waals surface area contributed by atoms with Crippen LogP contribution in [0.15, 0.2) is 41.8 Å². The van der Waals surface area contributed by atoms with Crippen LogP contribution >= 0.6 is 11.8 Å². The number of halogens is 3. The van der Waals surface area contributed by atoms with Crippen LogP contribution in [0.1, 0.15) is 0 Å². The van der Waals surface area contributed by atoms with Gasteiger partial charge in [0.25, 0.3) is 0 Å². The van der Waals surface area contributed by atoms with Gasteiger partial charge in [0.15, 0.2) is 6.10 Å². The van der Waals surface area contributed by atoms with E-state index >= 15 is 0 Å². The van der Waals surface area contributed by atoms with E-state index in [1.54, 1.807) is 12.1 Å². The van der Waals surface area contributed by atoms with Crippen LogP contribution in [-0.4, -0.2) is 37.9 Å². The molecule has 2 rings (SSSR count). The number of rotatable bonds is 4. The van der Waals surface area contributed by atoms with E-state index in [9.17, 15) is 13.2 Å². The molecule has 0 amide bonds. The summed E-state index contributed by atoms with van der Waals surface area (Å²) in [7, 11) is 0. The molecular weight excluding hydrogens is 279 g/mol. The van der Waals surface area contributed by atoms with Crippen molar-refractivity contribution in [2.45, 2.75) is 17.4 Å². The molecule has 0 unspecified atom stereocenters. The fraction of sp³-hybridized carbons (Fsp3) is 0.273. The molecule has 19 heavy (non-hydrogen) atoms. The Labute approximate surface area is 111 Å². The second kappa shape index (κ2) is 5.62. The van der Waals surface area contributed by atoms with E-state index in [1.165, 1.54) is 11.0 Å². The third kappa shape index (κ3) is 3.71. The third-order valence-electron chi connectivity index (χ3n) is 2.24. The predicted molar refractivity (Wildman–Crippen MR) is 64.1 cm³/mol. The summed E-state index contributed by atoms with van der Waals surface area (Å²) in [6, 6.07) is 9.08. The highest BCUT2D eigenvalue weighted by molar-refractivity contribution is 7.99. The molecule has 1 aromatic heterocycles. The Kier molecular flexibility index (Phi) is 4.11. The second-order valence-corrected chi connectivity index (χ2v) is 4.66. The van der Waals surface area contributed by atoms with E-state index in [0.717, 1.165) is 17.4 Å². The molecule has 0 aliphatic carbocycles. The molecule has 1 N–H and O–H groups in total. The molecule has 0 fully saturated rings. The SMILES string of the molecule is O[C@@H](CSc1ncn(-c2ccccc2)n1)C(F)(F)F. The normalized spacial score (nSPS) is 13.5. The van der Waals surface area contributed by atoms with Gasteiger partial charge in [-0.1, -0.05) is 30.0 Å². The van der Waals surface area contributed by atoms with Crippen LogP contribution in [0.25, 0.3) is 5.69 Å². The van der Waals surface area contributed by atoms with Gasteiger partial charge in [0.05, 0.1) is 5.69 Å². The van der Waals surface area contributed by atoms with Gasteiger partial charge in [0.1, 0.15) is 6.33 Å². The molecule has 0 spiro atoms. The van der Waals surface area contributed by atoms with Crippen molar-refractivity contribution < 1.29 is 18.3 Å². The van der Waals surface area contributed by atoms with E-state index in [-0.39, 0.29) is 5.16 Å². The van der Waals surface area contributed by atoms with Crippen molar-refractivity contribution in [3.05, 3.63) is 36.7 Å². The number of alkyl halides is 3. The van der Waals surface area contributed by atoms with Gasteiger partial charge in [-0.15, -0.1) is 5.10 Å². The Morgan fingerprint density at radius 3 is 2.58 bits per heavy atom. The van der Waals surface area contributed by atoms with Crippen molar-refractivity contribution in [3.63, 3.8) is 0 Å². The van der Waals surface area contributed by atoms with Gasteiger partial charge in [0, 0.05) is 5.75 Å². The lowest BCUT2D eigenvalue weighted by molar-refractivity contribution is -0.195. The molecule has 8 heteroatoms. The highest BCUT2D eigenvalue weighted by atomic mass is 32.2. The zero-order chi connectivity index (χ0) is 13.9. The fourth-order valence-corrected chi connectivity index (χ4v) is 2.03. The van der Waals surface area contributed by atoms with Gasteiger partial charge < -0.3 is 5.11 Å².